The van der Waals surface area contributed by atoms with Crippen LogP contribution in [0.25, 0.3) is 0 Å². The quantitative estimate of drug-likeness (QED) is 0.590. The molecule has 2 fully saturated rings. The van der Waals surface area contributed by atoms with E-state index in [2.05, 4.69) is 0 Å². The van der Waals surface area contributed by atoms with Crippen molar-refractivity contribution in [2.24, 2.45) is 11.3 Å². The van der Waals surface area contributed by atoms with Gasteiger partial charge in [0.15, 0.2) is 0 Å². The maximum absolute atomic E-state index is 9.23. The molecule has 1 heteroatoms. The predicted octanol–water partition coefficient (Wildman–Crippen LogP) is 1.95. The van der Waals surface area contributed by atoms with Gasteiger partial charge in [0.1, 0.15) is 0 Å². The maximum atomic E-state index is 9.23. The van der Waals surface area contributed by atoms with E-state index in [9.17, 15) is 5.11 Å². The zero-order valence-corrected chi connectivity index (χ0v) is 6.47. The Bertz CT molecular complexity index is 121. The Hall–Kier alpha value is -0.0400. The Morgan fingerprint density at radius 3 is 2.20 bits per heavy atom. The van der Waals surface area contributed by atoms with Crippen LogP contribution >= 0.6 is 0 Å². The van der Waals surface area contributed by atoms with Gasteiger partial charge in [-0.15, -0.1) is 0 Å². The lowest BCUT2D eigenvalue weighted by Gasteiger charge is -2.26. The summed E-state index contributed by atoms with van der Waals surface area (Å²) in [7, 11) is 0. The van der Waals surface area contributed by atoms with Gasteiger partial charge >= 0.3 is 0 Å². The van der Waals surface area contributed by atoms with Crippen molar-refractivity contribution in [2.75, 3.05) is 6.61 Å². The number of fused-ring (bicyclic) bond motifs is 1. The molecule has 0 unspecified atom stereocenters. The van der Waals surface area contributed by atoms with Crippen molar-refractivity contribution in [2.45, 2.75) is 38.5 Å². The van der Waals surface area contributed by atoms with Crippen molar-refractivity contribution in [3.63, 3.8) is 0 Å². The fourth-order valence-electron chi connectivity index (χ4n) is 2.98. The maximum Gasteiger partial charge on any atom is 0.0490 e. The van der Waals surface area contributed by atoms with Crippen LogP contribution in [0.15, 0.2) is 0 Å². The Balaban J connectivity index is 2.15. The van der Waals surface area contributed by atoms with Crippen LogP contribution in [0.3, 0.4) is 0 Å². The molecule has 2 saturated carbocycles. The molecule has 10 heavy (non-hydrogen) atoms. The first-order chi connectivity index (χ1) is 4.87. The molecule has 0 bridgehead atoms. The van der Waals surface area contributed by atoms with E-state index in [4.69, 9.17) is 0 Å². The highest BCUT2D eigenvalue weighted by Crippen LogP contribution is 2.53. The monoisotopic (exact) mass is 140 g/mol. The summed E-state index contributed by atoms with van der Waals surface area (Å²) in [5, 5.41) is 9.23. The molecule has 2 rings (SSSR count). The average Bonchev–Trinajstić information content (AvgIpc) is 2.42. The van der Waals surface area contributed by atoms with Crippen LogP contribution in [0.4, 0.5) is 0 Å². The molecule has 0 aromatic rings. The third-order valence-corrected chi connectivity index (χ3v) is 3.64. The number of hydrogen-bond acceptors (Lipinski definition) is 1. The van der Waals surface area contributed by atoms with E-state index in [1.54, 1.807) is 0 Å². The van der Waals surface area contributed by atoms with E-state index < -0.39 is 0 Å². The lowest BCUT2D eigenvalue weighted by atomic mass is 9.81. The molecule has 1 nitrogen and oxygen atoms in total. The SMILES string of the molecule is OC[C@]12CCC[C@H]1CCC2. The molecule has 0 heterocycles. The van der Waals surface area contributed by atoms with E-state index in [0.29, 0.717) is 12.0 Å². The molecule has 0 saturated heterocycles. The predicted molar refractivity (Wildman–Crippen MR) is 40.7 cm³/mol. The third-order valence-electron chi connectivity index (χ3n) is 3.64. The summed E-state index contributed by atoms with van der Waals surface area (Å²) in [6, 6.07) is 0. The minimum atomic E-state index is 0.403. The van der Waals surface area contributed by atoms with Gasteiger partial charge in [-0.3, -0.25) is 0 Å². The molecule has 2 aliphatic rings. The first-order valence-corrected chi connectivity index (χ1v) is 4.48. The minimum Gasteiger partial charge on any atom is -0.396 e. The Morgan fingerprint density at radius 2 is 1.80 bits per heavy atom. The first kappa shape index (κ1) is 6.66. The Kier molecular flexibility index (Phi) is 1.48. The van der Waals surface area contributed by atoms with Crippen LogP contribution in [0.1, 0.15) is 38.5 Å². The highest BCUT2D eigenvalue weighted by Gasteiger charge is 2.45. The van der Waals surface area contributed by atoms with Crippen LogP contribution < -0.4 is 0 Å². The molecular formula is C9H16O. The smallest absolute Gasteiger partial charge is 0.0490 e. The van der Waals surface area contributed by atoms with Crippen molar-refractivity contribution >= 4 is 0 Å². The molecule has 0 radical (unpaired) electrons. The number of hydrogen-bond donors (Lipinski definition) is 1. The summed E-state index contributed by atoms with van der Waals surface area (Å²) in [5.74, 6) is 0.887. The molecule has 0 aliphatic heterocycles. The van der Waals surface area contributed by atoms with E-state index in [1.807, 2.05) is 0 Å². The van der Waals surface area contributed by atoms with Gasteiger partial charge in [-0.25, -0.2) is 0 Å². The largest absolute Gasteiger partial charge is 0.396 e. The molecule has 0 aromatic carbocycles. The Morgan fingerprint density at radius 1 is 1.20 bits per heavy atom. The summed E-state index contributed by atoms with van der Waals surface area (Å²) in [5.41, 5.74) is 0.403. The zero-order chi connectivity index (χ0) is 7.03. The molecule has 0 spiro atoms. The molecule has 1 N–H and O–H groups in total. The standard InChI is InChI=1S/C9H16O/c10-7-9-5-1-3-8(9)4-2-6-9/h8,10H,1-7H2/t8-,9+. The molecular weight excluding hydrogens is 124 g/mol. The second kappa shape index (κ2) is 2.23. The van der Waals surface area contributed by atoms with Gasteiger partial charge in [-0.1, -0.05) is 12.8 Å². The lowest BCUT2D eigenvalue weighted by Crippen LogP contribution is -2.24. The highest BCUT2D eigenvalue weighted by atomic mass is 16.3. The van der Waals surface area contributed by atoms with E-state index >= 15 is 0 Å². The van der Waals surface area contributed by atoms with Crippen molar-refractivity contribution in [3.05, 3.63) is 0 Å². The normalized spacial score (nSPS) is 45.9. The van der Waals surface area contributed by atoms with Crippen LogP contribution in [-0.2, 0) is 0 Å². The van der Waals surface area contributed by atoms with E-state index in [-0.39, 0.29) is 0 Å². The average molecular weight is 140 g/mol. The van der Waals surface area contributed by atoms with Crippen molar-refractivity contribution in [1.29, 1.82) is 0 Å². The first-order valence-electron chi connectivity index (χ1n) is 4.48. The van der Waals surface area contributed by atoms with Gasteiger partial charge in [0.25, 0.3) is 0 Å². The van der Waals surface area contributed by atoms with Crippen molar-refractivity contribution in [3.8, 4) is 0 Å². The van der Waals surface area contributed by atoms with E-state index in [0.717, 1.165) is 5.92 Å². The van der Waals surface area contributed by atoms with Gasteiger partial charge in [0, 0.05) is 6.61 Å². The van der Waals surface area contributed by atoms with Crippen LogP contribution in [0.2, 0.25) is 0 Å². The second-order valence-corrected chi connectivity index (χ2v) is 4.00. The third kappa shape index (κ3) is 0.731. The van der Waals surface area contributed by atoms with Gasteiger partial charge < -0.3 is 5.11 Å². The summed E-state index contributed by atoms with van der Waals surface area (Å²) in [6.07, 6.45) is 8.11. The number of aliphatic hydroxyl groups excluding tert-OH is 1. The molecule has 2 aliphatic carbocycles. The molecule has 0 aromatic heterocycles. The summed E-state index contributed by atoms with van der Waals surface area (Å²) < 4.78 is 0. The molecule has 0 atom stereocenters. The van der Waals surface area contributed by atoms with Crippen molar-refractivity contribution in [1.82, 2.24) is 0 Å². The fourth-order valence-corrected chi connectivity index (χ4v) is 2.98. The highest BCUT2D eigenvalue weighted by molar-refractivity contribution is 4.95. The fraction of sp³-hybridized carbons (Fsp3) is 1.00. The summed E-state index contributed by atoms with van der Waals surface area (Å²) in [6.45, 7) is 0.456. The van der Waals surface area contributed by atoms with Gasteiger partial charge in [0.2, 0.25) is 0 Å². The lowest BCUT2D eigenvalue weighted by molar-refractivity contribution is 0.106. The van der Waals surface area contributed by atoms with Gasteiger partial charge in [0.05, 0.1) is 0 Å². The van der Waals surface area contributed by atoms with Gasteiger partial charge in [-0.2, -0.15) is 0 Å². The number of aliphatic hydroxyl groups is 1. The molecule has 58 valence electrons. The number of rotatable bonds is 1. The molecule has 0 amide bonds. The minimum absolute atomic E-state index is 0.403. The van der Waals surface area contributed by atoms with Crippen LogP contribution in [-0.4, -0.2) is 11.7 Å². The summed E-state index contributed by atoms with van der Waals surface area (Å²) >= 11 is 0. The second-order valence-electron chi connectivity index (χ2n) is 4.00. The summed E-state index contributed by atoms with van der Waals surface area (Å²) in [4.78, 5) is 0. The van der Waals surface area contributed by atoms with Crippen molar-refractivity contribution < 1.29 is 5.11 Å². The van der Waals surface area contributed by atoms with E-state index in [1.165, 1.54) is 38.5 Å². The van der Waals surface area contributed by atoms with Crippen LogP contribution in [0.5, 0.6) is 0 Å². The van der Waals surface area contributed by atoms with Gasteiger partial charge in [-0.05, 0) is 37.0 Å². The Labute approximate surface area is 62.4 Å². The topological polar surface area (TPSA) is 20.2 Å². The van der Waals surface area contributed by atoms with Crippen LogP contribution in [0, 0.1) is 11.3 Å². The zero-order valence-electron chi connectivity index (χ0n) is 6.47.